The summed E-state index contributed by atoms with van der Waals surface area (Å²) in [4.78, 5) is 28.8. The molecule has 0 saturated carbocycles. The van der Waals surface area contributed by atoms with Gasteiger partial charge in [-0.15, -0.1) is 0 Å². The van der Waals surface area contributed by atoms with Crippen molar-refractivity contribution in [2.45, 2.75) is 26.4 Å². The fourth-order valence-corrected chi connectivity index (χ4v) is 3.70. The molecule has 10 heteroatoms. The van der Waals surface area contributed by atoms with E-state index >= 15 is 0 Å². The highest BCUT2D eigenvalue weighted by Gasteiger charge is 2.31. The number of aryl methyl sites for hydroxylation is 2. The Balaban J connectivity index is 1.53. The first-order chi connectivity index (χ1) is 16.2. The zero-order chi connectivity index (χ0) is 24.4. The molecule has 1 atom stereocenters. The molecule has 0 aliphatic carbocycles. The van der Waals surface area contributed by atoms with Crippen LogP contribution in [0.1, 0.15) is 23.1 Å². The van der Waals surface area contributed by atoms with Gasteiger partial charge >= 0.3 is 0 Å². The summed E-state index contributed by atoms with van der Waals surface area (Å²) in [7, 11) is 0. The van der Waals surface area contributed by atoms with Gasteiger partial charge in [0, 0.05) is 18.6 Å². The predicted molar refractivity (Wildman–Crippen MR) is 125 cm³/mol. The van der Waals surface area contributed by atoms with Crippen molar-refractivity contribution in [1.29, 1.82) is 0 Å². The van der Waals surface area contributed by atoms with Crippen molar-refractivity contribution < 1.29 is 23.7 Å². The lowest BCUT2D eigenvalue weighted by molar-refractivity contribution is -0.384. The average Bonchev–Trinajstić information content (AvgIpc) is 3.26. The maximum atomic E-state index is 14.2. The highest BCUT2D eigenvalue weighted by atomic mass is 35.5. The van der Waals surface area contributed by atoms with Crippen LogP contribution in [0.2, 0.25) is 5.02 Å². The number of halogens is 2. The second-order valence-corrected chi connectivity index (χ2v) is 8.17. The molecule has 0 saturated heterocycles. The molecule has 0 spiro atoms. The van der Waals surface area contributed by atoms with E-state index in [2.05, 4.69) is 10.5 Å². The predicted octanol–water partition coefficient (Wildman–Crippen LogP) is 5.93. The molecule has 1 amide bonds. The maximum absolute atomic E-state index is 14.2. The molecule has 0 bridgehead atoms. The summed E-state index contributed by atoms with van der Waals surface area (Å²) in [5.41, 5.74) is 1.95. The van der Waals surface area contributed by atoms with Crippen LogP contribution in [0.15, 0.2) is 59.8 Å². The summed E-state index contributed by atoms with van der Waals surface area (Å²) in [5, 5.41) is 18.0. The van der Waals surface area contributed by atoms with E-state index in [0.717, 1.165) is 11.1 Å². The Labute approximate surface area is 199 Å². The minimum Gasteiger partial charge on any atom is -0.457 e. The number of carbonyl (C=O) groups excluding carboxylic acids is 1. The van der Waals surface area contributed by atoms with Gasteiger partial charge in [-0.05, 0) is 43.2 Å². The van der Waals surface area contributed by atoms with Gasteiger partial charge in [0.25, 0.3) is 11.6 Å². The number of carbonyl (C=O) groups is 1. The van der Waals surface area contributed by atoms with Gasteiger partial charge in [-0.3, -0.25) is 14.9 Å². The highest BCUT2D eigenvalue weighted by molar-refractivity contribution is 6.34. The first kappa shape index (κ1) is 23.2. The molecule has 0 aromatic heterocycles. The van der Waals surface area contributed by atoms with Gasteiger partial charge < -0.3 is 14.9 Å². The number of nitrogens with zero attached hydrogens (tertiary/aromatic N) is 2. The van der Waals surface area contributed by atoms with E-state index in [-0.39, 0.29) is 39.8 Å². The molecule has 0 fully saturated rings. The maximum Gasteiger partial charge on any atom is 0.275 e. The Morgan fingerprint density at radius 3 is 2.76 bits per heavy atom. The Kier molecular flexibility index (Phi) is 6.47. The van der Waals surface area contributed by atoms with Crippen molar-refractivity contribution in [3.8, 4) is 11.5 Å². The summed E-state index contributed by atoms with van der Waals surface area (Å²) >= 11 is 6.06. The zero-order valence-corrected chi connectivity index (χ0v) is 18.9. The van der Waals surface area contributed by atoms with Gasteiger partial charge in [0.15, 0.2) is 0 Å². The summed E-state index contributed by atoms with van der Waals surface area (Å²) in [6.07, 6.45) is -1.08. The number of ether oxygens (including phenoxy) is 1. The van der Waals surface area contributed by atoms with Crippen LogP contribution in [-0.4, -0.2) is 22.6 Å². The van der Waals surface area contributed by atoms with Crippen molar-refractivity contribution >= 4 is 34.6 Å². The smallest absolute Gasteiger partial charge is 0.275 e. The lowest BCUT2D eigenvalue weighted by Gasteiger charge is -2.13. The monoisotopic (exact) mass is 483 g/mol. The Morgan fingerprint density at radius 1 is 1.24 bits per heavy atom. The molecule has 0 radical (unpaired) electrons. The van der Waals surface area contributed by atoms with E-state index in [1.54, 1.807) is 0 Å². The second-order valence-electron chi connectivity index (χ2n) is 7.77. The number of hydrogen-bond donors (Lipinski definition) is 1. The van der Waals surface area contributed by atoms with Gasteiger partial charge in [-0.2, -0.15) is 0 Å². The number of benzene rings is 3. The Hall–Kier alpha value is -3.98. The number of amides is 1. The molecule has 3 aromatic carbocycles. The summed E-state index contributed by atoms with van der Waals surface area (Å²) < 4.78 is 20.0. The third-order valence-corrected chi connectivity index (χ3v) is 5.47. The van der Waals surface area contributed by atoms with Crippen LogP contribution in [0, 0.1) is 29.8 Å². The van der Waals surface area contributed by atoms with Crippen LogP contribution < -0.4 is 10.1 Å². The van der Waals surface area contributed by atoms with Crippen LogP contribution in [0.4, 0.5) is 15.8 Å². The molecule has 1 unspecified atom stereocenters. The number of nitro benzene ring substituents is 1. The van der Waals surface area contributed by atoms with E-state index in [1.165, 1.54) is 36.4 Å². The van der Waals surface area contributed by atoms with Gasteiger partial charge in [-0.25, -0.2) is 4.39 Å². The third kappa shape index (κ3) is 4.99. The standard InChI is InChI=1S/C24H19ClFN3O5/c1-13-6-7-14(2)21(8-13)33-17-10-15(9-16(11-17)29(31)32)27-24(30)22-12-20(28-34-22)23-18(25)4-3-5-19(23)26/h3-11,22H,12H2,1-2H3,(H,27,30). The molecule has 4 rings (SSSR count). The van der Waals surface area contributed by atoms with Crippen LogP contribution in [0.5, 0.6) is 11.5 Å². The van der Waals surface area contributed by atoms with E-state index in [0.29, 0.717) is 5.75 Å². The molecule has 1 N–H and O–H groups in total. The fourth-order valence-electron chi connectivity index (χ4n) is 3.43. The van der Waals surface area contributed by atoms with Crippen molar-refractivity contribution in [3.63, 3.8) is 0 Å². The van der Waals surface area contributed by atoms with Crippen LogP contribution >= 0.6 is 11.6 Å². The summed E-state index contributed by atoms with van der Waals surface area (Å²) in [6, 6.07) is 13.8. The van der Waals surface area contributed by atoms with Crippen LogP contribution in [0.25, 0.3) is 0 Å². The molecule has 1 aliphatic rings. The van der Waals surface area contributed by atoms with Gasteiger partial charge in [0.2, 0.25) is 6.10 Å². The van der Waals surface area contributed by atoms with Gasteiger partial charge in [0.05, 0.1) is 33.0 Å². The normalized spacial score (nSPS) is 14.8. The van der Waals surface area contributed by atoms with Crippen LogP contribution in [-0.2, 0) is 9.63 Å². The Bertz CT molecular complexity index is 1310. The van der Waals surface area contributed by atoms with E-state index in [1.807, 2.05) is 32.0 Å². The van der Waals surface area contributed by atoms with E-state index in [9.17, 15) is 19.3 Å². The molecule has 174 valence electrons. The van der Waals surface area contributed by atoms with Gasteiger partial charge in [-0.1, -0.05) is 35.0 Å². The minimum atomic E-state index is -1.06. The van der Waals surface area contributed by atoms with Crippen molar-refractivity contribution in [3.05, 3.63) is 92.2 Å². The van der Waals surface area contributed by atoms with Crippen molar-refractivity contribution in [2.24, 2.45) is 5.16 Å². The van der Waals surface area contributed by atoms with Crippen molar-refractivity contribution in [2.75, 3.05) is 5.32 Å². The molecule has 1 heterocycles. The van der Waals surface area contributed by atoms with E-state index in [4.69, 9.17) is 21.2 Å². The summed E-state index contributed by atoms with van der Waals surface area (Å²) in [5.74, 6) is -0.468. The highest BCUT2D eigenvalue weighted by Crippen LogP contribution is 2.32. The number of rotatable bonds is 6. The summed E-state index contributed by atoms with van der Waals surface area (Å²) in [6.45, 7) is 3.75. The third-order valence-electron chi connectivity index (χ3n) is 5.15. The molecular formula is C24H19ClFN3O5. The minimum absolute atomic E-state index is 0.0206. The topological polar surface area (TPSA) is 103 Å². The average molecular weight is 484 g/mol. The molecule has 34 heavy (non-hydrogen) atoms. The number of nitro groups is 1. The van der Waals surface area contributed by atoms with Crippen LogP contribution in [0.3, 0.4) is 0 Å². The number of anilines is 1. The lowest BCUT2D eigenvalue weighted by Crippen LogP contribution is -2.28. The Morgan fingerprint density at radius 2 is 2.03 bits per heavy atom. The van der Waals surface area contributed by atoms with Gasteiger partial charge in [0.1, 0.15) is 17.3 Å². The SMILES string of the molecule is Cc1ccc(C)c(Oc2cc(NC(=O)C3CC(c4c(F)cccc4Cl)=NO3)cc([N+](=O)[O-])c2)c1. The number of hydrogen-bond acceptors (Lipinski definition) is 6. The lowest BCUT2D eigenvalue weighted by atomic mass is 10.0. The van der Waals surface area contributed by atoms with Crippen molar-refractivity contribution in [1.82, 2.24) is 0 Å². The molecular weight excluding hydrogens is 465 g/mol. The van der Waals surface area contributed by atoms with E-state index < -0.39 is 22.8 Å². The quantitative estimate of drug-likeness (QED) is 0.346. The largest absolute Gasteiger partial charge is 0.457 e. The number of non-ortho nitro benzene ring substituents is 1. The number of nitrogens with one attached hydrogen (secondary N) is 1. The number of oxime groups is 1. The molecule has 3 aromatic rings. The molecule has 1 aliphatic heterocycles. The first-order valence-corrected chi connectivity index (χ1v) is 10.6. The second kappa shape index (κ2) is 9.48. The first-order valence-electron chi connectivity index (χ1n) is 10.2. The molecule has 8 nitrogen and oxygen atoms in total. The zero-order valence-electron chi connectivity index (χ0n) is 18.2. The fraction of sp³-hybridized carbons (Fsp3) is 0.167.